The number of hydrogen-bond donors (Lipinski definition) is 0. The van der Waals surface area contributed by atoms with Crippen molar-refractivity contribution in [3.63, 3.8) is 0 Å². The van der Waals surface area contributed by atoms with Crippen LogP contribution in [0.15, 0.2) is 45.3 Å². The Morgan fingerprint density at radius 2 is 1.36 bits per heavy atom. The van der Waals surface area contributed by atoms with Gasteiger partial charge in [0.1, 0.15) is 5.75 Å². The average Bonchev–Trinajstić information content (AvgIpc) is 2.92. The van der Waals surface area contributed by atoms with Gasteiger partial charge in [0.25, 0.3) is 0 Å². The van der Waals surface area contributed by atoms with E-state index in [0.717, 1.165) is 58.0 Å². The average molecular weight is 652 g/mol. The zero-order chi connectivity index (χ0) is 27.4. The highest BCUT2D eigenvalue weighted by atomic mass is 79.9. The normalized spacial score (nSPS) is 13.1. The van der Waals surface area contributed by atoms with E-state index >= 15 is 0 Å². The van der Waals surface area contributed by atoms with Crippen LogP contribution in [-0.4, -0.2) is 31.1 Å². The molecule has 0 amide bonds. The first-order valence-electron chi connectivity index (χ1n) is 13.0. The summed E-state index contributed by atoms with van der Waals surface area (Å²) in [5, 5.41) is 6.30. The second-order valence-electron chi connectivity index (χ2n) is 9.70. The predicted octanol–water partition coefficient (Wildman–Crippen LogP) is 8.71. The second-order valence-corrected chi connectivity index (χ2v) is 11.4. The fraction of sp³-hybridized carbons (Fsp3) is 0.258. The fourth-order valence-electron chi connectivity index (χ4n) is 5.50. The molecule has 198 valence electrons. The van der Waals surface area contributed by atoms with Gasteiger partial charge in [-0.1, -0.05) is 64.6 Å². The molecule has 1 heterocycles. The van der Waals surface area contributed by atoms with Gasteiger partial charge >= 0.3 is 17.9 Å². The second kappa shape index (κ2) is 10.1. The van der Waals surface area contributed by atoms with Gasteiger partial charge in [0, 0.05) is 41.3 Å². The number of benzene rings is 5. The molecule has 1 aliphatic heterocycles. The summed E-state index contributed by atoms with van der Waals surface area (Å²) in [5.41, 5.74) is 1.11. The molecule has 0 atom stereocenters. The smallest absolute Gasteiger partial charge is 0.346 e. The highest BCUT2D eigenvalue weighted by Crippen LogP contribution is 2.50. The van der Waals surface area contributed by atoms with E-state index in [1.54, 1.807) is 18.2 Å². The zero-order valence-corrected chi connectivity index (χ0v) is 24.6. The van der Waals surface area contributed by atoms with E-state index in [9.17, 15) is 14.4 Å². The van der Waals surface area contributed by atoms with Crippen molar-refractivity contribution in [2.45, 2.75) is 39.5 Å². The van der Waals surface area contributed by atoms with Crippen LogP contribution in [0.5, 0.6) is 5.75 Å². The summed E-state index contributed by atoms with van der Waals surface area (Å²) in [6.07, 6.45) is 3.56. The number of hydrogen-bond acceptors (Lipinski definition) is 6. The van der Waals surface area contributed by atoms with Crippen molar-refractivity contribution in [3.8, 4) is 5.75 Å². The lowest BCUT2D eigenvalue weighted by Crippen LogP contribution is -2.19. The van der Waals surface area contributed by atoms with Gasteiger partial charge in [-0.3, -0.25) is 0 Å². The van der Waals surface area contributed by atoms with Crippen LogP contribution in [0.3, 0.4) is 0 Å². The first-order chi connectivity index (χ1) is 18.9. The fourth-order valence-corrected chi connectivity index (χ4v) is 6.78. The highest BCUT2D eigenvalue weighted by molar-refractivity contribution is 9.11. The molecule has 0 spiro atoms. The molecule has 6 nitrogen and oxygen atoms in total. The number of unbranched alkanes of at least 4 members (excludes halogenated alkanes) is 2. The van der Waals surface area contributed by atoms with Crippen LogP contribution in [0.4, 0.5) is 0 Å². The van der Waals surface area contributed by atoms with Crippen LogP contribution in [0.2, 0.25) is 0 Å². The van der Waals surface area contributed by atoms with Crippen LogP contribution < -0.4 is 4.74 Å². The molecule has 0 fully saturated rings. The molecule has 39 heavy (non-hydrogen) atoms. The molecule has 0 unspecified atom stereocenters. The van der Waals surface area contributed by atoms with Gasteiger partial charge in [0.05, 0.1) is 29.9 Å². The minimum atomic E-state index is -0.670. The Balaban J connectivity index is 1.77. The summed E-state index contributed by atoms with van der Waals surface area (Å²) in [7, 11) is 0. The highest BCUT2D eigenvalue weighted by Gasteiger charge is 2.32. The lowest BCUT2D eigenvalue weighted by molar-refractivity contribution is 0.0389. The Labute approximate surface area is 241 Å². The number of esters is 3. The maximum absolute atomic E-state index is 13.4. The molecule has 0 saturated heterocycles. The van der Waals surface area contributed by atoms with E-state index in [-0.39, 0.29) is 0 Å². The number of carbonyl (C=O) groups excluding carboxylic acids is 3. The third-order valence-electron chi connectivity index (χ3n) is 7.30. The molecular formula is C31H24Br2O6. The van der Waals surface area contributed by atoms with E-state index in [0.29, 0.717) is 55.4 Å². The van der Waals surface area contributed by atoms with E-state index < -0.39 is 17.9 Å². The first kappa shape index (κ1) is 26.0. The molecule has 5 aromatic rings. The van der Waals surface area contributed by atoms with Crippen molar-refractivity contribution in [1.82, 2.24) is 0 Å². The Morgan fingerprint density at radius 1 is 0.744 bits per heavy atom. The van der Waals surface area contributed by atoms with Crippen molar-refractivity contribution in [3.05, 3.63) is 62.0 Å². The number of carbonyl (C=O) groups is 3. The van der Waals surface area contributed by atoms with E-state index in [4.69, 9.17) is 14.2 Å². The van der Waals surface area contributed by atoms with Crippen LogP contribution >= 0.6 is 31.9 Å². The Morgan fingerprint density at radius 3 is 2.08 bits per heavy atom. The third kappa shape index (κ3) is 3.99. The molecule has 8 heteroatoms. The van der Waals surface area contributed by atoms with E-state index in [2.05, 4.69) is 38.8 Å². The van der Waals surface area contributed by atoms with E-state index in [1.165, 1.54) is 0 Å². The van der Waals surface area contributed by atoms with Gasteiger partial charge in [-0.2, -0.15) is 0 Å². The van der Waals surface area contributed by atoms with Gasteiger partial charge in [-0.15, -0.1) is 0 Å². The van der Waals surface area contributed by atoms with Crippen molar-refractivity contribution < 1.29 is 28.6 Å². The lowest BCUT2D eigenvalue weighted by atomic mass is 9.85. The summed E-state index contributed by atoms with van der Waals surface area (Å²) < 4.78 is 18.3. The van der Waals surface area contributed by atoms with Crippen LogP contribution in [0.1, 0.15) is 70.6 Å². The molecular weight excluding hydrogens is 628 g/mol. The SMILES string of the molecule is CCCCOC(=O)c1cc(Br)c2c3ccc4c5c(cc(Br)c(c6ccc(OCCCC)c1c62)c53)C(=O)OC4=O. The Kier molecular flexibility index (Phi) is 6.71. The van der Waals surface area contributed by atoms with Crippen molar-refractivity contribution in [2.75, 3.05) is 13.2 Å². The van der Waals surface area contributed by atoms with Crippen molar-refractivity contribution in [1.29, 1.82) is 0 Å². The van der Waals surface area contributed by atoms with Crippen LogP contribution in [-0.2, 0) is 9.47 Å². The summed E-state index contributed by atoms with van der Waals surface area (Å²) in [5.74, 6) is -1.12. The quantitative estimate of drug-likeness (QED) is 0.0549. The Hall–Kier alpha value is -3.23. The van der Waals surface area contributed by atoms with Crippen molar-refractivity contribution in [2.24, 2.45) is 0 Å². The van der Waals surface area contributed by atoms with Crippen LogP contribution in [0.25, 0.3) is 43.1 Å². The van der Waals surface area contributed by atoms with E-state index in [1.807, 2.05) is 25.1 Å². The minimum absolute atomic E-state index is 0.337. The maximum atomic E-state index is 13.4. The van der Waals surface area contributed by atoms with Gasteiger partial charge in [-0.25, -0.2) is 14.4 Å². The largest absolute Gasteiger partial charge is 0.493 e. The van der Waals surface area contributed by atoms with Crippen molar-refractivity contribution >= 4 is 92.9 Å². The number of fused-ring (bicyclic) bond motifs is 2. The maximum Gasteiger partial charge on any atom is 0.346 e. The molecule has 0 bridgehead atoms. The summed E-state index contributed by atoms with van der Waals surface area (Å²) in [6.45, 7) is 5.01. The monoisotopic (exact) mass is 650 g/mol. The molecule has 0 radical (unpaired) electrons. The topological polar surface area (TPSA) is 78.9 Å². The molecule has 0 saturated carbocycles. The first-order valence-corrected chi connectivity index (χ1v) is 14.6. The molecule has 0 aliphatic carbocycles. The molecule has 0 aromatic heterocycles. The summed E-state index contributed by atoms with van der Waals surface area (Å²) >= 11 is 7.44. The Bertz CT molecular complexity index is 1840. The van der Waals surface area contributed by atoms with Gasteiger partial charge < -0.3 is 14.2 Å². The van der Waals surface area contributed by atoms with Gasteiger partial charge in [-0.05, 0) is 53.9 Å². The number of halogens is 2. The lowest BCUT2D eigenvalue weighted by Gasteiger charge is -2.23. The third-order valence-corrected chi connectivity index (χ3v) is 8.55. The van der Waals surface area contributed by atoms with Crippen LogP contribution in [0, 0.1) is 0 Å². The standard InChI is InChI=1S/C31H24Br2O6/c1-3-5-11-37-22-10-9-16-24-20(32)13-18-23-17(30(35)39-31(18)36)8-7-15(27(23)24)25-21(33)14-19(26(22)28(16)25)29(34)38-12-6-4-2/h7-10,13-14H,3-6,11-12H2,1-2H3. The number of rotatable bonds is 8. The van der Waals surface area contributed by atoms with Gasteiger partial charge in [0.15, 0.2) is 0 Å². The zero-order valence-electron chi connectivity index (χ0n) is 21.4. The molecule has 1 aliphatic rings. The molecule has 5 aromatic carbocycles. The number of ether oxygens (including phenoxy) is 3. The predicted molar refractivity (Wildman–Crippen MR) is 158 cm³/mol. The van der Waals surface area contributed by atoms with Gasteiger partial charge in [0.2, 0.25) is 0 Å². The molecule has 6 rings (SSSR count). The summed E-state index contributed by atoms with van der Waals surface area (Å²) in [4.78, 5) is 38.8. The summed E-state index contributed by atoms with van der Waals surface area (Å²) in [6, 6.07) is 10.9. The number of cyclic esters (lactones) is 2. The molecule has 0 N–H and O–H groups in total. The minimum Gasteiger partial charge on any atom is -0.493 e.